The minimum absolute atomic E-state index is 0.0821. The number of halogens is 1. The topological polar surface area (TPSA) is 50.2 Å². The Morgan fingerprint density at radius 2 is 1.82 bits per heavy atom. The van der Waals surface area contributed by atoms with E-state index < -0.39 is 0 Å². The molecule has 0 aliphatic heterocycles. The lowest BCUT2D eigenvalue weighted by Gasteiger charge is -2.17. The average molecular weight is 411 g/mol. The number of aromatic amines is 1. The van der Waals surface area contributed by atoms with Gasteiger partial charge in [-0.1, -0.05) is 54.1 Å². The highest BCUT2D eigenvalue weighted by molar-refractivity contribution is 7.17. The number of thiophene rings is 1. The van der Waals surface area contributed by atoms with Gasteiger partial charge in [0.15, 0.2) is 5.82 Å². The van der Waals surface area contributed by atoms with Gasteiger partial charge in [0, 0.05) is 21.5 Å². The van der Waals surface area contributed by atoms with Crippen LogP contribution in [-0.4, -0.2) is 16.5 Å². The lowest BCUT2D eigenvalue weighted by molar-refractivity contribution is -0.926. The second-order valence-electron chi connectivity index (χ2n) is 6.79. The average Bonchev–Trinajstić information content (AvgIpc) is 3.13. The molecule has 0 bridgehead atoms. The van der Waals surface area contributed by atoms with Gasteiger partial charge in [0.1, 0.15) is 17.9 Å². The first-order chi connectivity index (χ1) is 13.6. The molecule has 2 N–H and O–H groups in total. The molecule has 1 unspecified atom stereocenters. The third-order valence-electron chi connectivity index (χ3n) is 4.86. The summed E-state index contributed by atoms with van der Waals surface area (Å²) in [4.78, 5) is 22.7. The highest BCUT2D eigenvalue weighted by atomic mass is 35.5. The molecule has 2 heterocycles. The first-order valence-electron chi connectivity index (χ1n) is 9.28. The van der Waals surface area contributed by atoms with E-state index in [1.165, 1.54) is 21.8 Å². The summed E-state index contributed by atoms with van der Waals surface area (Å²) in [5.41, 5.74) is 3.08. The van der Waals surface area contributed by atoms with Gasteiger partial charge >= 0.3 is 0 Å². The number of rotatable bonds is 6. The second-order valence-corrected chi connectivity index (χ2v) is 8.09. The van der Waals surface area contributed by atoms with Gasteiger partial charge in [-0.3, -0.25) is 4.79 Å². The molecule has 0 saturated carbocycles. The predicted molar refractivity (Wildman–Crippen MR) is 116 cm³/mol. The van der Waals surface area contributed by atoms with Crippen LogP contribution in [0.1, 0.15) is 18.3 Å². The van der Waals surface area contributed by atoms with Crippen molar-refractivity contribution in [3.63, 3.8) is 0 Å². The molecule has 0 amide bonds. The molecular weight excluding hydrogens is 390 g/mol. The van der Waals surface area contributed by atoms with Crippen LogP contribution in [0.2, 0.25) is 5.02 Å². The molecule has 2 aromatic heterocycles. The van der Waals surface area contributed by atoms with Gasteiger partial charge < -0.3 is 9.88 Å². The Bertz CT molecular complexity index is 1140. The number of H-pyrrole nitrogens is 1. The first kappa shape index (κ1) is 18.9. The van der Waals surface area contributed by atoms with E-state index in [0.29, 0.717) is 17.0 Å². The zero-order valence-corrected chi connectivity index (χ0v) is 17.1. The summed E-state index contributed by atoms with van der Waals surface area (Å²) in [6.07, 6.45) is 0. The van der Waals surface area contributed by atoms with Crippen molar-refractivity contribution in [2.45, 2.75) is 20.0 Å². The van der Waals surface area contributed by atoms with E-state index >= 15 is 0 Å². The van der Waals surface area contributed by atoms with Crippen molar-refractivity contribution in [3.05, 3.63) is 86.7 Å². The summed E-state index contributed by atoms with van der Waals surface area (Å²) in [6, 6.07) is 17.9. The van der Waals surface area contributed by atoms with Gasteiger partial charge in [-0.2, -0.15) is 0 Å². The Morgan fingerprint density at radius 1 is 1.07 bits per heavy atom. The molecule has 28 heavy (non-hydrogen) atoms. The number of hydrogen-bond acceptors (Lipinski definition) is 3. The van der Waals surface area contributed by atoms with Crippen LogP contribution in [-0.2, 0) is 13.1 Å². The number of quaternary nitrogens is 1. The standard InChI is InChI=1S/C22H20ClN3OS/c1-2-26(12-15-6-4-3-5-7-15)13-19-24-21(27)20-18(14-28-22(20)25-19)16-8-10-17(23)11-9-16/h3-11,14H,2,12-13H2,1H3,(H,24,25,27)/p+1. The van der Waals surface area contributed by atoms with E-state index in [1.54, 1.807) is 0 Å². The molecule has 1 atom stereocenters. The summed E-state index contributed by atoms with van der Waals surface area (Å²) < 4.78 is 0. The largest absolute Gasteiger partial charge is 0.325 e. The monoisotopic (exact) mass is 410 g/mol. The SMILES string of the molecule is CC[NH+](Cc1ccccc1)Cc1nc2scc(-c3ccc(Cl)cc3)c2c(=O)[nH]1. The van der Waals surface area contributed by atoms with Gasteiger partial charge in [-0.25, -0.2) is 4.98 Å². The lowest BCUT2D eigenvalue weighted by atomic mass is 10.1. The summed E-state index contributed by atoms with van der Waals surface area (Å²) >= 11 is 7.49. The maximum atomic E-state index is 12.8. The molecular formula is C22H21ClN3OS+. The molecule has 4 aromatic rings. The Kier molecular flexibility index (Phi) is 5.57. The van der Waals surface area contributed by atoms with E-state index in [1.807, 2.05) is 35.7 Å². The number of hydrogen-bond donors (Lipinski definition) is 2. The zero-order chi connectivity index (χ0) is 19.5. The van der Waals surface area contributed by atoms with Gasteiger partial charge in [0.25, 0.3) is 5.56 Å². The van der Waals surface area contributed by atoms with Crippen LogP contribution in [0.5, 0.6) is 0 Å². The van der Waals surface area contributed by atoms with Crippen molar-refractivity contribution < 1.29 is 4.90 Å². The molecule has 142 valence electrons. The number of benzene rings is 2. The fourth-order valence-corrected chi connectivity index (χ4v) is 4.45. The Morgan fingerprint density at radius 3 is 2.54 bits per heavy atom. The number of nitrogens with one attached hydrogen (secondary N) is 2. The quantitative estimate of drug-likeness (QED) is 0.506. The van der Waals surface area contributed by atoms with E-state index in [-0.39, 0.29) is 5.56 Å². The number of aromatic nitrogens is 2. The van der Waals surface area contributed by atoms with Crippen LogP contribution in [0, 0.1) is 0 Å². The Hall–Kier alpha value is -2.47. The molecule has 4 rings (SSSR count). The van der Waals surface area contributed by atoms with Crippen LogP contribution in [0.4, 0.5) is 0 Å². The molecule has 0 radical (unpaired) electrons. The van der Waals surface area contributed by atoms with Crippen molar-refractivity contribution in [2.24, 2.45) is 0 Å². The van der Waals surface area contributed by atoms with Gasteiger partial charge in [0.2, 0.25) is 0 Å². The van der Waals surface area contributed by atoms with E-state index in [4.69, 9.17) is 16.6 Å². The molecule has 0 fully saturated rings. The van der Waals surface area contributed by atoms with Crippen LogP contribution < -0.4 is 10.5 Å². The van der Waals surface area contributed by atoms with Crippen molar-refractivity contribution >= 4 is 33.2 Å². The summed E-state index contributed by atoms with van der Waals surface area (Å²) in [5, 5.41) is 3.32. The van der Waals surface area contributed by atoms with Crippen molar-refractivity contribution in [2.75, 3.05) is 6.54 Å². The van der Waals surface area contributed by atoms with Crippen molar-refractivity contribution in [1.29, 1.82) is 0 Å². The molecule has 0 aliphatic carbocycles. The molecule has 0 saturated heterocycles. The van der Waals surface area contributed by atoms with Crippen molar-refractivity contribution in [1.82, 2.24) is 9.97 Å². The van der Waals surface area contributed by atoms with Gasteiger partial charge in [0.05, 0.1) is 11.9 Å². The third-order valence-corrected chi connectivity index (χ3v) is 5.99. The van der Waals surface area contributed by atoms with Crippen LogP contribution >= 0.6 is 22.9 Å². The Balaban J connectivity index is 1.63. The highest BCUT2D eigenvalue weighted by Crippen LogP contribution is 2.31. The smallest absolute Gasteiger partial charge is 0.260 e. The van der Waals surface area contributed by atoms with Crippen LogP contribution in [0.25, 0.3) is 21.3 Å². The third kappa shape index (κ3) is 4.02. The summed E-state index contributed by atoms with van der Waals surface area (Å²) in [5.74, 6) is 0.731. The minimum Gasteiger partial charge on any atom is -0.325 e. The lowest BCUT2D eigenvalue weighted by Crippen LogP contribution is -3.09. The fraction of sp³-hybridized carbons (Fsp3) is 0.182. The van der Waals surface area contributed by atoms with E-state index in [2.05, 4.69) is 36.2 Å². The minimum atomic E-state index is -0.0821. The second kappa shape index (κ2) is 8.27. The van der Waals surface area contributed by atoms with Crippen molar-refractivity contribution in [3.8, 4) is 11.1 Å². The maximum Gasteiger partial charge on any atom is 0.260 e. The summed E-state index contributed by atoms with van der Waals surface area (Å²) in [7, 11) is 0. The fourth-order valence-electron chi connectivity index (χ4n) is 3.35. The van der Waals surface area contributed by atoms with Crippen LogP contribution in [0.15, 0.2) is 64.8 Å². The molecule has 0 aliphatic rings. The number of fused-ring (bicyclic) bond motifs is 1. The predicted octanol–water partition coefficient (Wildman–Crippen LogP) is 3.91. The maximum absolute atomic E-state index is 12.8. The molecule has 6 heteroatoms. The van der Waals surface area contributed by atoms with E-state index in [9.17, 15) is 4.79 Å². The van der Waals surface area contributed by atoms with Gasteiger partial charge in [-0.15, -0.1) is 11.3 Å². The molecule has 0 spiro atoms. The normalized spacial score (nSPS) is 12.4. The van der Waals surface area contributed by atoms with E-state index in [0.717, 1.165) is 34.9 Å². The number of nitrogens with zero attached hydrogens (tertiary/aromatic N) is 1. The van der Waals surface area contributed by atoms with Gasteiger partial charge in [-0.05, 0) is 24.6 Å². The first-order valence-corrected chi connectivity index (χ1v) is 10.5. The molecule has 4 nitrogen and oxygen atoms in total. The highest BCUT2D eigenvalue weighted by Gasteiger charge is 2.16. The Labute approximate surface area is 172 Å². The summed E-state index contributed by atoms with van der Waals surface area (Å²) in [6.45, 7) is 4.69. The van der Waals surface area contributed by atoms with Crippen LogP contribution in [0.3, 0.4) is 0 Å². The molecule has 2 aromatic carbocycles. The zero-order valence-electron chi connectivity index (χ0n) is 15.5.